The van der Waals surface area contributed by atoms with Crippen LogP contribution in [0, 0.1) is 11.3 Å². The van der Waals surface area contributed by atoms with Crippen LogP contribution in [-0.4, -0.2) is 67.4 Å². The second-order valence-electron chi connectivity index (χ2n) is 9.27. The molecule has 1 saturated heterocycles. The first kappa shape index (κ1) is 31.5. The van der Waals surface area contributed by atoms with Crippen molar-refractivity contribution >= 4 is 35.6 Å². The zero-order chi connectivity index (χ0) is 30.3. The SMILES string of the molecule is COc1ccc(C2C=C(C)NC(S[C@@H]3O[C@H](COC(C)=O)[C@@H](OC(C)=O)[C@H](OC(C)=O)[C@H]3OC(C)=O)=C2C#N)cc1. The maximum atomic E-state index is 12.2. The van der Waals surface area contributed by atoms with E-state index in [0.29, 0.717) is 16.4 Å². The summed E-state index contributed by atoms with van der Waals surface area (Å²) < 4.78 is 33.1. The van der Waals surface area contributed by atoms with Crippen LogP contribution in [0.25, 0.3) is 0 Å². The fourth-order valence-electron chi connectivity index (χ4n) is 4.45. The summed E-state index contributed by atoms with van der Waals surface area (Å²) in [6.07, 6.45) is -3.04. The van der Waals surface area contributed by atoms with Crippen LogP contribution in [0.1, 0.15) is 46.1 Å². The van der Waals surface area contributed by atoms with Crippen LogP contribution in [0.3, 0.4) is 0 Å². The Morgan fingerprint density at radius 3 is 2.05 bits per heavy atom. The van der Waals surface area contributed by atoms with Crippen molar-refractivity contribution in [1.82, 2.24) is 5.32 Å². The Kier molecular flexibility index (Phi) is 10.8. The van der Waals surface area contributed by atoms with Gasteiger partial charge in [0.1, 0.15) is 18.5 Å². The number of hydrogen-bond donors (Lipinski definition) is 1. The van der Waals surface area contributed by atoms with Gasteiger partial charge in [-0.15, -0.1) is 0 Å². The molecule has 1 aromatic carbocycles. The van der Waals surface area contributed by atoms with Gasteiger partial charge in [-0.25, -0.2) is 0 Å². The molecule has 220 valence electrons. The maximum absolute atomic E-state index is 12.2. The van der Waals surface area contributed by atoms with Gasteiger partial charge in [0, 0.05) is 39.3 Å². The van der Waals surface area contributed by atoms with Crippen molar-refractivity contribution in [3.63, 3.8) is 0 Å². The summed E-state index contributed by atoms with van der Waals surface area (Å²) in [4.78, 5) is 47.9. The van der Waals surface area contributed by atoms with E-state index in [1.54, 1.807) is 19.2 Å². The van der Waals surface area contributed by atoms with Crippen molar-refractivity contribution in [2.75, 3.05) is 13.7 Å². The third kappa shape index (κ3) is 8.25. The van der Waals surface area contributed by atoms with Gasteiger partial charge in [-0.05, 0) is 24.6 Å². The van der Waals surface area contributed by atoms with E-state index in [1.165, 1.54) is 13.8 Å². The van der Waals surface area contributed by atoms with Gasteiger partial charge in [-0.2, -0.15) is 5.26 Å². The number of dihydropyridines is 1. The van der Waals surface area contributed by atoms with Crippen LogP contribution in [0.2, 0.25) is 0 Å². The van der Waals surface area contributed by atoms with Crippen LogP contribution in [0.4, 0.5) is 0 Å². The Bertz CT molecular complexity index is 1270. The van der Waals surface area contributed by atoms with E-state index in [0.717, 1.165) is 36.9 Å². The van der Waals surface area contributed by atoms with Gasteiger partial charge in [0.2, 0.25) is 0 Å². The monoisotopic (exact) mass is 588 g/mol. The van der Waals surface area contributed by atoms with E-state index in [2.05, 4.69) is 11.4 Å². The first-order valence-corrected chi connectivity index (χ1v) is 13.5. The molecule has 1 fully saturated rings. The Morgan fingerprint density at radius 1 is 0.927 bits per heavy atom. The standard InChI is InChI=1S/C28H32N2O10S/c1-14-11-21(19-7-9-20(35-6)10-8-19)22(12-29)27(30-14)41-28-26(39-18(5)34)25(38-17(4)33)24(37-16(3)32)23(40-28)13-36-15(2)31/h7-11,21,23-26,28,30H,13H2,1-6H3/t21?,23-,24-,25+,26-,28+/m1/s1. The number of methoxy groups -OCH3 is 1. The first-order valence-electron chi connectivity index (χ1n) is 12.6. The molecule has 0 aromatic heterocycles. The number of nitrogens with zero attached hydrogens (tertiary/aromatic N) is 1. The lowest BCUT2D eigenvalue weighted by Gasteiger charge is -2.44. The molecule has 12 nitrogen and oxygen atoms in total. The molecular formula is C28H32N2O10S. The normalized spacial score (nSPS) is 25.5. The Morgan fingerprint density at radius 2 is 1.51 bits per heavy atom. The van der Waals surface area contributed by atoms with Gasteiger partial charge in [-0.1, -0.05) is 30.0 Å². The summed E-state index contributed by atoms with van der Waals surface area (Å²) >= 11 is 1.03. The molecule has 0 saturated carbocycles. The average molecular weight is 589 g/mol. The number of thioether (sulfide) groups is 1. The van der Waals surface area contributed by atoms with E-state index in [-0.39, 0.29) is 6.61 Å². The highest BCUT2D eigenvalue weighted by atomic mass is 32.2. The fourth-order valence-corrected chi connectivity index (χ4v) is 5.74. The number of carbonyl (C=O) groups excluding carboxylic acids is 4. The lowest BCUT2D eigenvalue weighted by Crippen LogP contribution is -2.61. The van der Waals surface area contributed by atoms with Crippen molar-refractivity contribution in [3.05, 3.63) is 52.2 Å². The Balaban J connectivity index is 2.06. The van der Waals surface area contributed by atoms with E-state index < -0.39 is 59.6 Å². The summed E-state index contributed by atoms with van der Waals surface area (Å²) in [6, 6.07) is 9.55. The van der Waals surface area contributed by atoms with Crippen LogP contribution < -0.4 is 10.1 Å². The molecule has 2 heterocycles. The van der Waals surface area contributed by atoms with Crippen molar-refractivity contribution in [1.29, 1.82) is 5.26 Å². The molecule has 13 heteroatoms. The number of allylic oxidation sites excluding steroid dienone is 3. The second-order valence-corrected chi connectivity index (χ2v) is 10.4. The third-order valence-electron chi connectivity index (χ3n) is 6.06. The zero-order valence-corrected chi connectivity index (χ0v) is 24.3. The van der Waals surface area contributed by atoms with Crippen LogP contribution in [-0.2, 0) is 42.9 Å². The number of nitrogens with one attached hydrogen (secondary N) is 1. The molecule has 1 N–H and O–H groups in total. The average Bonchev–Trinajstić information content (AvgIpc) is 2.90. The molecule has 2 aliphatic rings. The van der Waals surface area contributed by atoms with Gasteiger partial charge in [-0.3, -0.25) is 19.2 Å². The summed E-state index contributed by atoms with van der Waals surface area (Å²) in [5.74, 6) is -2.52. The molecule has 0 spiro atoms. The van der Waals surface area contributed by atoms with Gasteiger partial charge in [0.15, 0.2) is 23.7 Å². The van der Waals surface area contributed by atoms with Crippen molar-refractivity contribution in [2.24, 2.45) is 0 Å². The van der Waals surface area contributed by atoms with Crippen molar-refractivity contribution < 1.29 is 47.6 Å². The van der Waals surface area contributed by atoms with E-state index in [1.807, 2.05) is 25.1 Å². The van der Waals surface area contributed by atoms with Crippen molar-refractivity contribution in [2.45, 2.75) is 70.4 Å². The summed E-state index contributed by atoms with van der Waals surface area (Å²) in [7, 11) is 1.56. The van der Waals surface area contributed by atoms with Gasteiger partial charge in [0.25, 0.3) is 0 Å². The molecule has 0 bridgehead atoms. The molecule has 3 rings (SSSR count). The maximum Gasteiger partial charge on any atom is 0.303 e. The Labute approximate surface area is 241 Å². The molecule has 2 aliphatic heterocycles. The summed E-state index contributed by atoms with van der Waals surface area (Å²) in [6.45, 7) is 6.16. The van der Waals surface area contributed by atoms with Crippen LogP contribution >= 0.6 is 11.8 Å². The predicted molar refractivity (Wildman–Crippen MR) is 145 cm³/mol. The lowest BCUT2D eigenvalue weighted by molar-refractivity contribution is -0.237. The first-order chi connectivity index (χ1) is 19.4. The number of ether oxygens (including phenoxy) is 6. The number of carbonyl (C=O) groups is 4. The van der Waals surface area contributed by atoms with Gasteiger partial charge < -0.3 is 33.7 Å². The summed E-state index contributed by atoms with van der Waals surface area (Å²) in [5.41, 5.74) is 0.864. The number of rotatable bonds is 9. The summed E-state index contributed by atoms with van der Waals surface area (Å²) in [5, 5.41) is 13.8. The van der Waals surface area contributed by atoms with Crippen molar-refractivity contribution in [3.8, 4) is 11.8 Å². The number of benzene rings is 1. The molecule has 1 aromatic rings. The quantitative estimate of drug-likeness (QED) is 0.332. The highest BCUT2D eigenvalue weighted by molar-refractivity contribution is 8.03. The number of esters is 4. The highest BCUT2D eigenvalue weighted by Gasteiger charge is 2.53. The van der Waals surface area contributed by atoms with E-state index >= 15 is 0 Å². The van der Waals surface area contributed by atoms with E-state index in [4.69, 9.17) is 28.4 Å². The van der Waals surface area contributed by atoms with Gasteiger partial charge >= 0.3 is 23.9 Å². The molecule has 0 radical (unpaired) electrons. The van der Waals surface area contributed by atoms with Gasteiger partial charge in [0.05, 0.1) is 23.8 Å². The third-order valence-corrected chi connectivity index (χ3v) is 7.23. The fraction of sp³-hybridized carbons (Fsp3) is 0.464. The molecule has 41 heavy (non-hydrogen) atoms. The molecular weight excluding hydrogens is 556 g/mol. The number of hydrogen-bond acceptors (Lipinski definition) is 13. The molecule has 0 amide bonds. The van der Waals surface area contributed by atoms with Crippen LogP contribution in [0.5, 0.6) is 5.75 Å². The second kappa shape index (κ2) is 14.0. The van der Waals surface area contributed by atoms with E-state index in [9.17, 15) is 24.4 Å². The molecule has 1 unspecified atom stereocenters. The largest absolute Gasteiger partial charge is 0.497 e. The predicted octanol–water partition coefficient (Wildman–Crippen LogP) is 2.84. The molecule has 6 atom stereocenters. The number of nitriles is 1. The topological polar surface area (TPSA) is 159 Å². The minimum atomic E-state index is -1.31. The smallest absolute Gasteiger partial charge is 0.303 e. The zero-order valence-electron chi connectivity index (χ0n) is 23.5. The minimum Gasteiger partial charge on any atom is -0.497 e. The lowest BCUT2D eigenvalue weighted by atomic mass is 9.89. The highest BCUT2D eigenvalue weighted by Crippen LogP contribution is 2.42. The molecule has 0 aliphatic carbocycles. The minimum absolute atomic E-state index is 0.347. The van der Waals surface area contributed by atoms with Crippen LogP contribution in [0.15, 0.2) is 46.6 Å². The Hall–Kier alpha value is -4.02.